The van der Waals surface area contributed by atoms with E-state index in [-0.39, 0.29) is 5.56 Å². The molecule has 1 aromatic carbocycles. The Labute approximate surface area is 142 Å². The molecule has 1 aliphatic rings. The quantitative estimate of drug-likeness (QED) is 0.894. The zero-order valence-corrected chi connectivity index (χ0v) is 13.3. The number of nitrogens with one attached hydrogen (secondary N) is 2. The summed E-state index contributed by atoms with van der Waals surface area (Å²) in [5.74, 6) is -0.338. The first-order chi connectivity index (χ1) is 11.9. The molecule has 1 aliphatic heterocycles. The lowest BCUT2D eigenvalue weighted by Gasteiger charge is -2.29. The van der Waals surface area contributed by atoms with Gasteiger partial charge < -0.3 is 15.5 Å². The summed E-state index contributed by atoms with van der Waals surface area (Å²) in [4.78, 5) is 18.5. The van der Waals surface area contributed by atoms with Gasteiger partial charge in [-0.05, 0) is 30.3 Å². The van der Waals surface area contributed by atoms with Crippen molar-refractivity contribution < 1.29 is 18.0 Å². The van der Waals surface area contributed by atoms with E-state index in [0.29, 0.717) is 5.82 Å². The van der Waals surface area contributed by atoms with Gasteiger partial charge in [0.1, 0.15) is 5.82 Å². The molecule has 132 valence electrons. The normalized spacial score (nSPS) is 15.1. The molecule has 1 aromatic heterocycles. The Morgan fingerprint density at radius 2 is 1.92 bits per heavy atom. The summed E-state index contributed by atoms with van der Waals surface area (Å²) in [6.07, 6.45) is -2.84. The van der Waals surface area contributed by atoms with Crippen LogP contribution >= 0.6 is 0 Å². The van der Waals surface area contributed by atoms with Crippen LogP contribution < -0.4 is 15.5 Å². The number of nitrogens with zero attached hydrogens (tertiary/aromatic N) is 2. The molecule has 0 aliphatic carbocycles. The van der Waals surface area contributed by atoms with E-state index in [0.717, 1.165) is 44.0 Å². The van der Waals surface area contributed by atoms with Gasteiger partial charge in [0.2, 0.25) is 0 Å². The highest BCUT2D eigenvalue weighted by molar-refractivity contribution is 6.03. The number of hydrogen-bond donors (Lipinski definition) is 2. The van der Waals surface area contributed by atoms with Gasteiger partial charge >= 0.3 is 6.18 Å². The third kappa shape index (κ3) is 4.27. The average Bonchev–Trinajstić information content (AvgIpc) is 2.62. The Bertz CT molecular complexity index is 740. The van der Waals surface area contributed by atoms with Crippen LogP contribution in [0.15, 0.2) is 42.6 Å². The molecule has 8 heteroatoms. The lowest BCUT2D eigenvalue weighted by Crippen LogP contribution is -2.43. The van der Waals surface area contributed by atoms with E-state index in [2.05, 4.69) is 20.5 Å². The Kier molecular flexibility index (Phi) is 4.89. The highest BCUT2D eigenvalue weighted by atomic mass is 19.4. The molecular weight excluding hydrogens is 333 g/mol. The Hall–Kier alpha value is -2.61. The summed E-state index contributed by atoms with van der Waals surface area (Å²) in [6, 6.07) is 7.77. The minimum Gasteiger partial charge on any atom is -0.368 e. The van der Waals surface area contributed by atoms with Gasteiger partial charge in [0.05, 0.1) is 17.4 Å². The molecule has 0 unspecified atom stereocenters. The molecular formula is C17H17F3N4O. The molecule has 0 atom stereocenters. The zero-order chi connectivity index (χ0) is 17.9. The predicted octanol–water partition coefficient (Wildman–Crippen LogP) is 2.76. The highest BCUT2D eigenvalue weighted by Crippen LogP contribution is 2.29. The SMILES string of the molecule is O=C(Nc1ccc(N2CCNCC2)cn1)c1cccc(C(F)(F)F)c1. The maximum Gasteiger partial charge on any atom is 0.416 e. The number of rotatable bonds is 3. The van der Waals surface area contributed by atoms with Crippen molar-refractivity contribution in [3.8, 4) is 0 Å². The van der Waals surface area contributed by atoms with E-state index < -0.39 is 17.6 Å². The van der Waals surface area contributed by atoms with E-state index in [1.807, 2.05) is 6.07 Å². The molecule has 25 heavy (non-hydrogen) atoms. The monoisotopic (exact) mass is 350 g/mol. The van der Waals surface area contributed by atoms with E-state index in [4.69, 9.17) is 0 Å². The molecule has 1 fully saturated rings. The summed E-state index contributed by atoms with van der Waals surface area (Å²) >= 11 is 0. The van der Waals surface area contributed by atoms with Gasteiger partial charge in [-0.1, -0.05) is 6.07 Å². The van der Waals surface area contributed by atoms with Crippen LogP contribution in [0.4, 0.5) is 24.7 Å². The van der Waals surface area contributed by atoms with Crippen LogP contribution in [-0.2, 0) is 6.18 Å². The summed E-state index contributed by atoms with van der Waals surface area (Å²) in [5.41, 5.74) is 0.0172. The van der Waals surface area contributed by atoms with Crippen molar-refractivity contribution in [2.45, 2.75) is 6.18 Å². The van der Waals surface area contributed by atoms with Crippen LogP contribution in [0, 0.1) is 0 Å². The van der Waals surface area contributed by atoms with Gasteiger partial charge in [0.25, 0.3) is 5.91 Å². The molecule has 0 saturated carbocycles. The number of benzene rings is 1. The molecule has 0 radical (unpaired) electrons. The molecule has 3 rings (SSSR count). The number of hydrogen-bond acceptors (Lipinski definition) is 4. The lowest BCUT2D eigenvalue weighted by atomic mass is 10.1. The molecule has 2 heterocycles. The van der Waals surface area contributed by atoms with Gasteiger partial charge in [-0.3, -0.25) is 4.79 Å². The van der Waals surface area contributed by atoms with Crippen LogP contribution in [0.5, 0.6) is 0 Å². The van der Waals surface area contributed by atoms with Crippen molar-refractivity contribution in [1.82, 2.24) is 10.3 Å². The number of piperazine rings is 1. The van der Waals surface area contributed by atoms with Gasteiger partial charge in [-0.15, -0.1) is 0 Å². The van der Waals surface area contributed by atoms with Crippen LogP contribution in [0.3, 0.4) is 0 Å². The first-order valence-electron chi connectivity index (χ1n) is 7.84. The largest absolute Gasteiger partial charge is 0.416 e. The Morgan fingerprint density at radius 1 is 1.16 bits per heavy atom. The number of pyridine rings is 1. The number of halogens is 3. The number of aromatic nitrogens is 1. The van der Waals surface area contributed by atoms with Crippen LogP contribution in [-0.4, -0.2) is 37.1 Å². The fraction of sp³-hybridized carbons (Fsp3) is 0.294. The number of carbonyl (C=O) groups is 1. The molecule has 2 aromatic rings. The first kappa shape index (κ1) is 17.2. The van der Waals surface area contributed by atoms with Crippen molar-refractivity contribution in [2.24, 2.45) is 0 Å². The van der Waals surface area contributed by atoms with Crippen molar-refractivity contribution in [1.29, 1.82) is 0 Å². The number of carbonyl (C=O) groups excluding carboxylic acids is 1. The fourth-order valence-electron chi connectivity index (χ4n) is 2.60. The molecule has 2 N–H and O–H groups in total. The van der Waals surface area contributed by atoms with E-state index in [1.54, 1.807) is 12.3 Å². The van der Waals surface area contributed by atoms with Crippen LogP contribution in [0.25, 0.3) is 0 Å². The standard InChI is InChI=1S/C17H17F3N4O/c18-17(19,20)13-3-1-2-12(10-13)16(25)23-15-5-4-14(11-22-15)24-8-6-21-7-9-24/h1-5,10-11,21H,6-9H2,(H,22,23,25). The summed E-state index contributed by atoms with van der Waals surface area (Å²) in [6.45, 7) is 3.54. The van der Waals surface area contributed by atoms with Crippen LogP contribution in [0.2, 0.25) is 0 Å². The number of alkyl halides is 3. The minimum absolute atomic E-state index is 0.0668. The zero-order valence-electron chi connectivity index (χ0n) is 13.3. The smallest absolute Gasteiger partial charge is 0.368 e. The number of anilines is 2. The maximum atomic E-state index is 12.7. The topological polar surface area (TPSA) is 57.3 Å². The lowest BCUT2D eigenvalue weighted by molar-refractivity contribution is -0.137. The van der Waals surface area contributed by atoms with E-state index in [1.165, 1.54) is 12.1 Å². The molecule has 1 amide bonds. The fourth-order valence-corrected chi connectivity index (χ4v) is 2.60. The van der Waals surface area contributed by atoms with E-state index in [9.17, 15) is 18.0 Å². The van der Waals surface area contributed by atoms with Gasteiger partial charge in [-0.2, -0.15) is 13.2 Å². The second-order valence-corrected chi connectivity index (χ2v) is 5.67. The summed E-state index contributed by atoms with van der Waals surface area (Å²) in [5, 5.41) is 5.77. The van der Waals surface area contributed by atoms with Gasteiger partial charge in [0.15, 0.2) is 0 Å². The second-order valence-electron chi connectivity index (χ2n) is 5.67. The highest BCUT2D eigenvalue weighted by Gasteiger charge is 2.30. The van der Waals surface area contributed by atoms with Gasteiger partial charge in [0, 0.05) is 31.7 Å². The van der Waals surface area contributed by atoms with Crippen molar-refractivity contribution in [2.75, 3.05) is 36.4 Å². The maximum absolute atomic E-state index is 12.7. The summed E-state index contributed by atoms with van der Waals surface area (Å²) in [7, 11) is 0. The average molecular weight is 350 g/mol. The molecule has 5 nitrogen and oxygen atoms in total. The molecule has 0 bridgehead atoms. The third-order valence-electron chi connectivity index (χ3n) is 3.92. The van der Waals surface area contributed by atoms with Crippen molar-refractivity contribution in [3.63, 3.8) is 0 Å². The number of amides is 1. The van der Waals surface area contributed by atoms with Crippen molar-refractivity contribution in [3.05, 3.63) is 53.7 Å². The van der Waals surface area contributed by atoms with Crippen molar-refractivity contribution >= 4 is 17.4 Å². The Balaban J connectivity index is 1.68. The minimum atomic E-state index is -4.49. The predicted molar refractivity (Wildman–Crippen MR) is 88.7 cm³/mol. The van der Waals surface area contributed by atoms with Gasteiger partial charge in [-0.25, -0.2) is 4.98 Å². The second kappa shape index (κ2) is 7.10. The third-order valence-corrected chi connectivity index (χ3v) is 3.92. The first-order valence-corrected chi connectivity index (χ1v) is 7.84. The van der Waals surface area contributed by atoms with E-state index >= 15 is 0 Å². The molecule has 0 spiro atoms. The Morgan fingerprint density at radius 3 is 2.56 bits per heavy atom. The summed E-state index contributed by atoms with van der Waals surface area (Å²) < 4.78 is 38.2. The molecule has 1 saturated heterocycles. The van der Waals surface area contributed by atoms with Crippen LogP contribution in [0.1, 0.15) is 15.9 Å².